The first-order chi connectivity index (χ1) is 8.20. The molecule has 5 heteroatoms. The number of benzene rings is 1. The van der Waals surface area contributed by atoms with Gasteiger partial charge in [-0.25, -0.2) is 13.8 Å². The normalized spacial score (nSPS) is 10.8. The maximum absolute atomic E-state index is 13.0. The Balaban J connectivity index is 2.19. The highest BCUT2D eigenvalue weighted by Crippen LogP contribution is 2.12. The standard InChI is InChI=1S/C12H12F2N2O/c13-10-2-1-9(7-11(10)14)8-12-15-3-4-16(12)5-6-17/h1-4,7,17H,5-6,8H2. The summed E-state index contributed by atoms with van der Waals surface area (Å²) in [5.74, 6) is -1.000. The minimum Gasteiger partial charge on any atom is -0.395 e. The van der Waals surface area contributed by atoms with Gasteiger partial charge in [-0.1, -0.05) is 6.07 Å². The van der Waals surface area contributed by atoms with Crippen LogP contribution in [0.15, 0.2) is 30.6 Å². The monoisotopic (exact) mass is 238 g/mol. The predicted octanol–water partition coefficient (Wildman–Crippen LogP) is 1.74. The first kappa shape index (κ1) is 11.7. The van der Waals surface area contributed by atoms with E-state index < -0.39 is 11.6 Å². The third-order valence-corrected chi connectivity index (χ3v) is 2.49. The van der Waals surface area contributed by atoms with Crippen molar-refractivity contribution in [1.29, 1.82) is 0 Å². The molecule has 90 valence electrons. The fourth-order valence-electron chi connectivity index (χ4n) is 1.65. The van der Waals surface area contributed by atoms with Gasteiger partial charge < -0.3 is 9.67 Å². The number of aliphatic hydroxyl groups excluding tert-OH is 1. The highest BCUT2D eigenvalue weighted by atomic mass is 19.2. The quantitative estimate of drug-likeness (QED) is 0.881. The fraction of sp³-hybridized carbons (Fsp3) is 0.250. The molecule has 0 amide bonds. The Kier molecular flexibility index (Phi) is 3.49. The van der Waals surface area contributed by atoms with E-state index in [4.69, 9.17) is 5.11 Å². The molecule has 1 aromatic carbocycles. The summed E-state index contributed by atoms with van der Waals surface area (Å²) >= 11 is 0. The van der Waals surface area contributed by atoms with E-state index >= 15 is 0 Å². The van der Waals surface area contributed by atoms with E-state index in [1.165, 1.54) is 6.07 Å². The van der Waals surface area contributed by atoms with Gasteiger partial charge in [-0.3, -0.25) is 0 Å². The molecule has 3 nitrogen and oxygen atoms in total. The summed E-state index contributed by atoms with van der Waals surface area (Å²) in [6, 6.07) is 3.79. The van der Waals surface area contributed by atoms with Crippen LogP contribution in [0.2, 0.25) is 0 Å². The SMILES string of the molecule is OCCn1ccnc1Cc1ccc(F)c(F)c1. The van der Waals surface area contributed by atoms with Gasteiger partial charge in [-0.2, -0.15) is 0 Å². The highest BCUT2D eigenvalue weighted by Gasteiger charge is 2.07. The number of rotatable bonds is 4. The van der Waals surface area contributed by atoms with Crippen molar-refractivity contribution in [3.05, 3.63) is 53.6 Å². The van der Waals surface area contributed by atoms with Crippen LogP contribution < -0.4 is 0 Å². The average Bonchev–Trinajstić information content (AvgIpc) is 2.72. The number of imidazole rings is 1. The molecule has 0 bridgehead atoms. The number of nitrogens with zero attached hydrogens (tertiary/aromatic N) is 2. The van der Waals surface area contributed by atoms with Crippen molar-refractivity contribution in [1.82, 2.24) is 9.55 Å². The molecular formula is C12H12F2N2O. The third kappa shape index (κ3) is 2.68. The second kappa shape index (κ2) is 5.05. The number of halogens is 2. The first-order valence-electron chi connectivity index (χ1n) is 5.25. The fourth-order valence-corrected chi connectivity index (χ4v) is 1.65. The molecule has 2 rings (SSSR count). The smallest absolute Gasteiger partial charge is 0.159 e. The lowest BCUT2D eigenvalue weighted by molar-refractivity contribution is 0.274. The van der Waals surface area contributed by atoms with E-state index in [0.717, 1.165) is 12.1 Å². The van der Waals surface area contributed by atoms with Gasteiger partial charge in [0.25, 0.3) is 0 Å². The van der Waals surface area contributed by atoms with Gasteiger partial charge >= 0.3 is 0 Å². The van der Waals surface area contributed by atoms with Crippen LogP contribution in [-0.2, 0) is 13.0 Å². The molecule has 0 aliphatic carbocycles. The van der Waals surface area contributed by atoms with Crippen molar-refractivity contribution in [2.24, 2.45) is 0 Å². The third-order valence-electron chi connectivity index (χ3n) is 2.49. The summed E-state index contributed by atoms with van der Waals surface area (Å²) in [5.41, 5.74) is 0.647. The van der Waals surface area contributed by atoms with Gasteiger partial charge in [-0.15, -0.1) is 0 Å². The zero-order chi connectivity index (χ0) is 12.3. The Morgan fingerprint density at radius 1 is 1.24 bits per heavy atom. The second-order valence-corrected chi connectivity index (χ2v) is 3.69. The Bertz CT molecular complexity index is 511. The summed E-state index contributed by atoms with van der Waals surface area (Å²) < 4.78 is 27.5. The molecule has 0 aliphatic rings. The second-order valence-electron chi connectivity index (χ2n) is 3.69. The summed E-state index contributed by atoms with van der Waals surface area (Å²) in [6.07, 6.45) is 3.76. The number of aromatic nitrogens is 2. The van der Waals surface area contributed by atoms with Crippen molar-refractivity contribution in [2.75, 3.05) is 6.61 Å². The summed E-state index contributed by atoms with van der Waals surface area (Å²) in [5, 5.41) is 8.85. The molecule has 0 aliphatic heterocycles. The van der Waals surface area contributed by atoms with E-state index in [1.54, 1.807) is 17.0 Å². The molecule has 0 unspecified atom stereocenters. The Labute approximate surface area is 97.3 Å². The van der Waals surface area contributed by atoms with Gasteiger partial charge in [0.2, 0.25) is 0 Å². The molecule has 0 spiro atoms. The number of aliphatic hydroxyl groups is 1. The van der Waals surface area contributed by atoms with Gasteiger partial charge in [0.15, 0.2) is 11.6 Å². The van der Waals surface area contributed by atoms with E-state index in [0.29, 0.717) is 24.4 Å². The van der Waals surface area contributed by atoms with Crippen molar-refractivity contribution >= 4 is 0 Å². The zero-order valence-electron chi connectivity index (χ0n) is 9.11. The lowest BCUT2D eigenvalue weighted by Crippen LogP contribution is -2.06. The molecule has 0 atom stereocenters. The van der Waals surface area contributed by atoms with Gasteiger partial charge in [-0.05, 0) is 17.7 Å². The number of hydrogen-bond acceptors (Lipinski definition) is 2. The summed E-state index contributed by atoms with van der Waals surface area (Å²) in [6.45, 7) is 0.458. The van der Waals surface area contributed by atoms with Crippen molar-refractivity contribution in [2.45, 2.75) is 13.0 Å². The Morgan fingerprint density at radius 3 is 2.76 bits per heavy atom. The minimum atomic E-state index is -0.859. The summed E-state index contributed by atoms with van der Waals surface area (Å²) in [7, 11) is 0. The van der Waals surface area contributed by atoms with Crippen molar-refractivity contribution in [3.8, 4) is 0 Å². The molecule has 0 fully saturated rings. The van der Waals surface area contributed by atoms with Crippen LogP contribution in [0.5, 0.6) is 0 Å². The molecule has 1 N–H and O–H groups in total. The van der Waals surface area contributed by atoms with Crippen LogP contribution in [0.4, 0.5) is 8.78 Å². The lowest BCUT2D eigenvalue weighted by atomic mass is 10.1. The Morgan fingerprint density at radius 2 is 2.06 bits per heavy atom. The molecule has 17 heavy (non-hydrogen) atoms. The summed E-state index contributed by atoms with van der Waals surface area (Å²) in [4.78, 5) is 4.12. The van der Waals surface area contributed by atoms with E-state index in [9.17, 15) is 8.78 Å². The van der Waals surface area contributed by atoms with Crippen LogP contribution >= 0.6 is 0 Å². The molecule has 0 saturated carbocycles. The maximum Gasteiger partial charge on any atom is 0.159 e. The Hall–Kier alpha value is -1.75. The van der Waals surface area contributed by atoms with Crippen LogP contribution in [0.25, 0.3) is 0 Å². The van der Waals surface area contributed by atoms with Crippen LogP contribution in [0, 0.1) is 11.6 Å². The zero-order valence-corrected chi connectivity index (χ0v) is 9.11. The van der Waals surface area contributed by atoms with Gasteiger partial charge in [0, 0.05) is 25.4 Å². The van der Waals surface area contributed by atoms with Gasteiger partial charge in [0.1, 0.15) is 5.82 Å². The number of hydrogen-bond donors (Lipinski definition) is 1. The molecule has 0 radical (unpaired) electrons. The van der Waals surface area contributed by atoms with Crippen LogP contribution in [0.3, 0.4) is 0 Å². The van der Waals surface area contributed by atoms with Crippen LogP contribution in [-0.4, -0.2) is 21.3 Å². The topological polar surface area (TPSA) is 38.0 Å². The molecular weight excluding hydrogens is 226 g/mol. The molecule has 1 aromatic heterocycles. The first-order valence-corrected chi connectivity index (χ1v) is 5.25. The largest absolute Gasteiger partial charge is 0.395 e. The molecule has 1 heterocycles. The van der Waals surface area contributed by atoms with E-state index in [2.05, 4.69) is 4.98 Å². The molecule has 2 aromatic rings. The van der Waals surface area contributed by atoms with Gasteiger partial charge in [0.05, 0.1) is 6.61 Å². The maximum atomic E-state index is 13.0. The van der Waals surface area contributed by atoms with Crippen molar-refractivity contribution in [3.63, 3.8) is 0 Å². The average molecular weight is 238 g/mol. The minimum absolute atomic E-state index is 0.0150. The van der Waals surface area contributed by atoms with Crippen LogP contribution in [0.1, 0.15) is 11.4 Å². The van der Waals surface area contributed by atoms with E-state index in [-0.39, 0.29) is 6.61 Å². The lowest BCUT2D eigenvalue weighted by Gasteiger charge is -2.06. The highest BCUT2D eigenvalue weighted by molar-refractivity contribution is 5.21. The van der Waals surface area contributed by atoms with Crippen molar-refractivity contribution < 1.29 is 13.9 Å². The van der Waals surface area contributed by atoms with E-state index in [1.807, 2.05) is 0 Å². The predicted molar refractivity (Wildman–Crippen MR) is 58.5 cm³/mol. The molecule has 0 saturated heterocycles.